The highest BCUT2D eigenvalue weighted by molar-refractivity contribution is 9.08. The van der Waals surface area contributed by atoms with Gasteiger partial charge in [-0.3, -0.25) is 0 Å². The lowest BCUT2D eigenvalue weighted by molar-refractivity contribution is 0.251. The van der Waals surface area contributed by atoms with E-state index in [1.165, 1.54) is 25.7 Å². The number of hydrogen-bond acceptors (Lipinski definition) is 1. The van der Waals surface area contributed by atoms with Crippen molar-refractivity contribution in [1.82, 2.24) is 0 Å². The van der Waals surface area contributed by atoms with Gasteiger partial charge in [0.15, 0.2) is 0 Å². The zero-order valence-corrected chi connectivity index (χ0v) is 12.6. The van der Waals surface area contributed by atoms with Crippen LogP contribution >= 0.6 is 39.1 Å². The summed E-state index contributed by atoms with van der Waals surface area (Å²) in [6.07, 6.45) is 5.20. The molecule has 17 heavy (non-hydrogen) atoms. The molecule has 0 unspecified atom stereocenters. The van der Waals surface area contributed by atoms with Gasteiger partial charge >= 0.3 is 0 Å². The van der Waals surface area contributed by atoms with Crippen LogP contribution in [0.5, 0.6) is 5.75 Å². The van der Waals surface area contributed by atoms with Gasteiger partial charge in [0, 0.05) is 15.9 Å². The van der Waals surface area contributed by atoms with Crippen LogP contribution in [0.25, 0.3) is 0 Å². The third kappa shape index (κ3) is 3.52. The molecule has 94 valence electrons. The van der Waals surface area contributed by atoms with Crippen LogP contribution in [0, 0.1) is 5.92 Å². The Kier molecular flexibility index (Phi) is 5.01. The maximum Gasteiger partial charge on any atom is 0.142 e. The summed E-state index contributed by atoms with van der Waals surface area (Å²) in [6, 6.07) is 3.63. The minimum Gasteiger partial charge on any atom is -0.491 e. The van der Waals surface area contributed by atoms with E-state index in [9.17, 15) is 0 Å². The summed E-state index contributed by atoms with van der Waals surface area (Å²) in [5.74, 6) is 1.46. The molecule has 1 aliphatic carbocycles. The zero-order chi connectivity index (χ0) is 12.3. The van der Waals surface area contributed by atoms with Crippen molar-refractivity contribution in [3.63, 3.8) is 0 Å². The molecule has 0 saturated heterocycles. The van der Waals surface area contributed by atoms with Gasteiger partial charge in [-0.2, -0.15) is 0 Å². The number of hydrogen-bond donors (Lipinski definition) is 0. The summed E-state index contributed by atoms with van der Waals surface area (Å²) in [5.41, 5.74) is 1.01. The number of halogens is 3. The normalized spacial score (nSPS) is 16.4. The van der Waals surface area contributed by atoms with Crippen LogP contribution < -0.4 is 4.74 Å². The van der Waals surface area contributed by atoms with Gasteiger partial charge in [0.2, 0.25) is 0 Å². The second-order valence-electron chi connectivity index (χ2n) is 4.47. The fourth-order valence-electron chi connectivity index (χ4n) is 2.25. The van der Waals surface area contributed by atoms with Crippen molar-refractivity contribution < 1.29 is 4.74 Å². The van der Waals surface area contributed by atoms with Crippen molar-refractivity contribution in [2.75, 3.05) is 6.61 Å². The molecule has 0 atom stereocenters. The molecule has 0 aromatic heterocycles. The highest BCUT2D eigenvalue weighted by atomic mass is 79.9. The van der Waals surface area contributed by atoms with Crippen molar-refractivity contribution in [2.45, 2.75) is 31.0 Å². The monoisotopic (exact) mass is 336 g/mol. The Labute approximate surface area is 121 Å². The molecular weight excluding hydrogens is 323 g/mol. The van der Waals surface area contributed by atoms with Gasteiger partial charge in [0.1, 0.15) is 5.75 Å². The number of alkyl halides is 1. The standard InChI is InChI=1S/C13H15BrCl2O/c14-7-10-5-11(15)6-12(16)13(10)17-8-9-3-1-2-4-9/h5-6,9H,1-4,7-8H2. The molecule has 0 heterocycles. The summed E-state index contributed by atoms with van der Waals surface area (Å²) < 4.78 is 5.88. The van der Waals surface area contributed by atoms with Gasteiger partial charge < -0.3 is 4.74 Å². The van der Waals surface area contributed by atoms with Gasteiger partial charge in [-0.05, 0) is 30.9 Å². The van der Waals surface area contributed by atoms with Crippen LogP contribution in [-0.2, 0) is 5.33 Å². The zero-order valence-electron chi connectivity index (χ0n) is 9.52. The summed E-state index contributed by atoms with van der Waals surface area (Å²) in [6.45, 7) is 0.765. The first-order valence-electron chi connectivity index (χ1n) is 5.87. The second-order valence-corrected chi connectivity index (χ2v) is 5.88. The largest absolute Gasteiger partial charge is 0.491 e. The molecule has 2 rings (SSSR count). The number of benzene rings is 1. The van der Waals surface area contributed by atoms with Crippen LogP contribution in [0.3, 0.4) is 0 Å². The quantitative estimate of drug-likeness (QED) is 0.663. The Morgan fingerprint density at radius 1 is 1.24 bits per heavy atom. The van der Waals surface area contributed by atoms with Gasteiger partial charge in [-0.15, -0.1) is 0 Å². The lowest BCUT2D eigenvalue weighted by Gasteiger charge is -2.15. The molecule has 1 aromatic carbocycles. The highest BCUT2D eigenvalue weighted by Crippen LogP contribution is 2.35. The number of rotatable bonds is 4. The van der Waals surface area contributed by atoms with E-state index in [4.69, 9.17) is 27.9 Å². The van der Waals surface area contributed by atoms with Crippen LogP contribution in [0.4, 0.5) is 0 Å². The molecule has 0 radical (unpaired) electrons. The van der Waals surface area contributed by atoms with E-state index < -0.39 is 0 Å². The third-order valence-corrected chi connectivity index (χ3v) is 4.27. The minimum atomic E-state index is 0.602. The fraction of sp³-hybridized carbons (Fsp3) is 0.538. The van der Waals surface area contributed by atoms with Crippen molar-refractivity contribution in [3.8, 4) is 5.75 Å². The summed E-state index contributed by atoms with van der Waals surface area (Å²) >= 11 is 15.6. The average Bonchev–Trinajstić information content (AvgIpc) is 2.79. The Hall–Kier alpha value is 0.0800. The van der Waals surface area contributed by atoms with E-state index in [1.807, 2.05) is 6.07 Å². The van der Waals surface area contributed by atoms with Crippen LogP contribution in [-0.4, -0.2) is 6.61 Å². The van der Waals surface area contributed by atoms with E-state index in [0.717, 1.165) is 17.9 Å². The maximum absolute atomic E-state index is 6.17. The van der Waals surface area contributed by atoms with E-state index in [0.29, 0.717) is 21.3 Å². The Morgan fingerprint density at radius 3 is 2.59 bits per heavy atom. The smallest absolute Gasteiger partial charge is 0.142 e. The lowest BCUT2D eigenvalue weighted by Crippen LogP contribution is -2.09. The topological polar surface area (TPSA) is 9.23 Å². The molecule has 1 aliphatic rings. The van der Waals surface area contributed by atoms with Crippen molar-refractivity contribution >= 4 is 39.1 Å². The lowest BCUT2D eigenvalue weighted by atomic mass is 10.1. The van der Waals surface area contributed by atoms with Crippen molar-refractivity contribution in [3.05, 3.63) is 27.7 Å². The van der Waals surface area contributed by atoms with E-state index in [1.54, 1.807) is 6.07 Å². The van der Waals surface area contributed by atoms with Gasteiger partial charge in [0.05, 0.1) is 11.6 Å². The Bertz CT molecular complexity index is 389. The summed E-state index contributed by atoms with van der Waals surface area (Å²) in [5, 5.41) is 1.95. The van der Waals surface area contributed by atoms with Crippen LogP contribution in [0.1, 0.15) is 31.2 Å². The molecule has 0 spiro atoms. The van der Waals surface area contributed by atoms with Crippen molar-refractivity contribution in [2.24, 2.45) is 5.92 Å². The van der Waals surface area contributed by atoms with Crippen LogP contribution in [0.2, 0.25) is 10.0 Å². The van der Waals surface area contributed by atoms with Gasteiger partial charge in [0.25, 0.3) is 0 Å². The molecule has 0 aliphatic heterocycles. The predicted molar refractivity (Wildman–Crippen MR) is 76.5 cm³/mol. The highest BCUT2D eigenvalue weighted by Gasteiger charge is 2.17. The van der Waals surface area contributed by atoms with E-state index in [-0.39, 0.29) is 0 Å². The van der Waals surface area contributed by atoms with Crippen LogP contribution in [0.15, 0.2) is 12.1 Å². The minimum absolute atomic E-state index is 0.602. The second kappa shape index (κ2) is 6.31. The molecule has 4 heteroatoms. The Balaban J connectivity index is 2.08. The van der Waals surface area contributed by atoms with Crippen molar-refractivity contribution in [1.29, 1.82) is 0 Å². The number of ether oxygens (including phenoxy) is 1. The van der Waals surface area contributed by atoms with Gasteiger partial charge in [-0.1, -0.05) is 52.0 Å². The molecule has 1 saturated carbocycles. The maximum atomic E-state index is 6.17. The van der Waals surface area contributed by atoms with E-state index in [2.05, 4.69) is 15.9 Å². The first-order chi connectivity index (χ1) is 8.20. The predicted octanol–water partition coefficient (Wildman–Crippen LogP) is 5.46. The molecule has 1 fully saturated rings. The molecular formula is C13H15BrCl2O. The molecule has 0 bridgehead atoms. The Morgan fingerprint density at radius 2 is 1.94 bits per heavy atom. The molecule has 0 N–H and O–H groups in total. The first kappa shape index (κ1) is 13.5. The average molecular weight is 338 g/mol. The SMILES string of the molecule is Clc1cc(Cl)c(OCC2CCCC2)c(CBr)c1. The molecule has 0 amide bonds. The van der Waals surface area contributed by atoms with Gasteiger partial charge in [-0.25, -0.2) is 0 Å². The third-order valence-electron chi connectivity index (χ3n) is 3.17. The summed E-state index contributed by atoms with van der Waals surface area (Å²) in [4.78, 5) is 0. The molecule has 1 nitrogen and oxygen atoms in total. The summed E-state index contributed by atoms with van der Waals surface area (Å²) in [7, 11) is 0. The molecule has 1 aromatic rings. The fourth-order valence-corrected chi connectivity index (χ4v) is 3.26. The first-order valence-corrected chi connectivity index (χ1v) is 7.75. The van der Waals surface area contributed by atoms with E-state index >= 15 is 0 Å².